The van der Waals surface area contributed by atoms with Crippen LogP contribution in [0.2, 0.25) is 0 Å². The minimum atomic E-state index is -0.409. The molecule has 0 aliphatic rings. The van der Waals surface area contributed by atoms with Crippen LogP contribution in [-0.4, -0.2) is 12.6 Å². The number of allylic oxidation sites excluding steroid dienone is 1. The van der Waals surface area contributed by atoms with Crippen LogP contribution in [-0.2, 0) is 16.0 Å². The molecule has 2 nitrogen and oxygen atoms in total. The Morgan fingerprint density at radius 2 is 1.83 bits per heavy atom. The number of carbonyl (C=O) groups is 1. The molecule has 0 amide bonds. The maximum Gasteiger partial charge on any atom is 0.311 e. The minimum Gasteiger partial charge on any atom is -0.465 e. The standard InChI is InChI=1S/C16H22O2/c1-16(2,3)15(17)18-13-9-5-8-12-14-10-6-4-7-11-14/h4-8,10-11H,9,12-13H2,1-3H3. The summed E-state index contributed by atoms with van der Waals surface area (Å²) in [6.45, 7) is 6.04. The van der Waals surface area contributed by atoms with E-state index >= 15 is 0 Å². The van der Waals surface area contributed by atoms with E-state index in [2.05, 4.69) is 24.3 Å². The Kier molecular flexibility index (Phi) is 5.63. The van der Waals surface area contributed by atoms with Crippen LogP contribution in [0.15, 0.2) is 42.5 Å². The quantitative estimate of drug-likeness (QED) is 0.449. The molecular formula is C16H22O2. The molecule has 18 heavy (non-hydrogen) atoms. The molecule has 98 valence electrons. The summed E-state index contributed by atoms with van der Waals surface area (Å²) in [5, 5.41) is 0. The topological polar surface area (TPSA) is 26.3 Å². The Hall–Kier alpha value is -1.57. The van der Waals surface area contributed by atoms with Gasteiger partial charge < -0.3 is 4.74 Å². The summed E-state index contributed by atoms with van der Waals surface area (Å²) in [6.07, 6.45) is 5.87. The van der Waals surface area contributed by atoms with Gasteiger partial charge in [-0.3, -0.25) is 4.79 Å². The summed E-state index contributed by atoms with van der Waals surface area (Å²) >= 11 is 0. The molecule has 0 unspecified atom stereocenters. The molecule has 0 aromatic heterocycles. The van der Waals surface area contributed by atoms with Crippen molar-refractivity contribution in [3.63, 3.8) is 0 Å². The van der Waals surface area contributed by atoms with Crippen LogP contribution in [0.1, 0.15) is 32.8 Å². The number of benzene rings is 1. The van der Waals surface area contributed by atoms with Gasteiger partial charge in [0.2, 0.25) is 0 Å². The zero-order valence-electron chi connectivity index (χ0n) is 11.5. The average molecular weight is 246 g/mol. The molecule has 0 aliphatic carbocycles. The van der Waals surface area contributed by atoms with E-state index in [1.54, 1.807) is 0 Å². The van der Waals surface area contributed by atoms with Gasteiger partial charge in [-0.2, -0.15) is 0 Å². The fraction of sp³-hybridized carbons (Fsp3) is 0.438. The molecule has 0 saturated carbocycles. The van der Waals surface area contributed by atoms with Crippen LogP contribution in [0.3, 0.4) is 0 Å². The Bertz CT molecular complexity index is 385. The van der Waals surface area contributed by atoms with Gasteiger partial charge in [-0.25, -0.2) is 0 Å². The van der Waals surface area contributed by atoms with E-state index in [9.17, 15) is 4.79 Å². The van der Waals surface area contributed by atoms with Gasteiger partial charge in [0.1, 0.15) is 0 Å². The molecule has 1 aromatic carbocycles. The molecule has 0 spiro atoms. The molecule has 0 fully saturated rings. The maximum absolute atomic E-state index is 11.5. The first-order valence-electron chi connectivity index (χ1n) is 6.36. The van der Waals surface area contributed by atoms with Gasteiger partial charge in [0.15, 0.2) is 0 Å². The van der Waals surface area contributed by atoms with Crippen LogP contribution in [0.5, 0.6) is 0 Å². The van der Waals surface area contributed by atoms with Gasteiger partial charge in [0.05, 0.1) is 12.0 Å². The predicted molar refractivity (Wildman–Crippen MR) is 74.3 cm³/mol. The summed E-state index contributed by atoms with van der Waals surface area (Å²) < 4.78 is 5.17. The summed E-state index contributed by atoms with van der Waals surface area (Å²) in [5.74, 6) is -0.140. The monoisotopic (exact) mass is 246 g/mol. The van der Waals surface area contributed by atoms with Crippen molar-refractivity contribution in [1.82, 2.24) is 0 Å². The van der Waals surface area contributed by atoms with Crippen LogP contribution in [0, 0.1) is 5.41 Å². The van der Waals surface area contributed by atoms with Crippen molar-refractivity contribution in [3.8, 4) is 0 Å². The van der Waals surface area contributed by atoms with Gasteiger partial charge in [-0.15, -0.1) is 0 Å². The second-order valence-electron chi connectivity index (χ2n) is 5.34. The lowest BCUT2D eigenvalue weighted by molar-refractivity contribution is -0.152. The predicted octanol–water partition coefficient (Wildman–Crippen LogP) is 3.76. The van der Waals surface area contributed by atoms with Crippen LogP contribution in [0.4, 0.5) is 0 Å². The highest BCUT2D eigenvalue weighted by molar-refractivity contribution is 5.75. The number of carbonyl (C=O) groups excluding carboxylic acids is 1. The molecule has 2 heteroatoms. The Labute approximate surface area is 110 Å². The molecule has 0 radical (unpaired) electrons. The Morgan fingerprint density at radius 1 is 1.17 bits per heavy atom. The van der Waals surface area contributed by atoms with E-state index in [0.29, 0.717) is 6.61 Å². The smallest absolute Gasteiger partial charge is 0.311 e. The number of esters is 1. The fourth-order valence-corrected chi connectivity index (χ4v) is 1.39. The van der Waals surface area contributed by atoms with Gasteiger partial charge in [-0.1, -0.05) is 42.5 Å². The maximum atomic E-state index is 11.5. The lowest BCUT2D eigenvalue weighted by atomic mass is 9.97. The Balaban J connectivity index is 2.17. The summed E-state index contributed by atoms with van der Waals surface area (Å²) in [4.78, 5) is 11.5. The second-order valence-corrected chi connectivity index (χ2v) is 5.34. The third-order valence-electron chi connectivity index (χ3n) is 2.49. The molecule has 0 N–H and O–H groups in total. The molecule has 0 aliphatic heterocycles. The van der Waals surface area contributed by atoms with Crippen molar-refractivity contribution < 1.29 is 9.53 Å². The van der Waals surface area contributed by atoms with Crippen molar-refractivity contribution in [2.75, 3.05) is 6.61 Å². The first-order chi connectivity index (χ1) is 8.50. The van der Waals surface area contributed by atoms with E-state index < -0.39 is 5.41 Å². The third kappa shape index (κ3) is 5.67. The highest BCUT2D eigenvalue weighted by Gasteiger charge is 2.22. The number of rotatable bonds is 5. The zero-order chi connectivity index (χ0) is 13.4. The van der Waals surface area contributed by atoms with Crippen molar-refractivity contribution in [2.45, 2.75) is 33.6 Å². The molecule has 0 bridgehead atoms. The summed E-state index contributed by atoms with van der Waals surface area (Å²) in [7, 11) is 0. The van der Waals surface area contributed by atoms with Gasteiger partial charge in [0.25, 0.3) is 0 Å². The SMILES string of the molecule is CC(C)(C)C(=O)OCCC=CCc1ccccc1. The third-order valence-corrected chi connectivity index (χ3v) is 2.49. The van der Waals surface area contributed by atoms with E-state index in [4.69, 9.17) is 4.74 Å². The minimum absolute atomic E-state index is 0.140. The first-order valence-corrected chi connectivity index (χ1v) is 6.36. The normalized spacial score (nSPS) is 11.7. The lowest BCUT2D eigenvalue weighted by Gasteiger charge is -2.15. The summed E-state index contributed by atoms with van der Waals surface area (Å²) in [6, 6.07) is 10.3. The van der Waals surface area contributed by atoms with Crippen molar-refractivity contribution in [1.29, 1.82) is 0 Å². The molecule has 0 atom stereocenters. The van der Waals surface area contributed by atoms with E-state index in [0.717, 1.165) is 12.8 Å². The van der Waals surface area contributed by atoms with E-state index in [1.807, 2.05) is 39.0 Å². The average Bonchev–Trinajstić information content (AvgIpc) is 2.33. The molecule has 1 aromatic rings. The van der Waals surface area contributed by atoms with Crippen molar-refractivity contribution in [2.24, 2.45) is 5.41 Å². The number of hydrogen-bond donors (Lipinski definition) is 0. The first kappa shape index (κ1) is 14.5. The van der Waals surface area contributed by atoms with Gasteiger partial charge >= 0.3 is 5.97 Å². The van der Waals surface area contributed by atoms with Crippen molar-refractivity contribution in [3.05, 3.63) is 48.0 Å². The second kappa shape index (κ2) is 7.00. The van der Waals surface area contributed by atoms with Crippen LogP contribution < -0.4 is 0 Å². The van der Waals surface area contributed by atoms with Gasteiger partial charge in [0, 0.05) is 0 Å². The number of ether oxygens (including phenoxy) is 1. The van der Waals surface area contributed by atoms with Crippen LogP contribution >= 0.6 is 0 Å². The molecule has 0 saturated heterocycles. The molecule has 1 rings (SSSR count). The Morgan fingerprint density at radius 3 is 2.44 bits per heavy atom. The van der Waals surface area contributed by atoms with Crippen molar-refractivity contribution >= 4 is 5.97 Å². The van der Waals surface area contributed by atoms with E-state index in [1.165, 1.54) is 5.56 Å². The lowest BCUT2D eigenvalue weighted by Crippen LogP contribution is -2.23. The molecule has 0 heterocycles. The number of hydrogen-bond acceptors (Lipinski definition) is 2. The fourth-order valence-electron chi connectivity index (χ4n) is 1.39. The zero-order valence-corrected chi connectivity index (χ0v) is 11.5. The highest BCUT2D eigenvalue weighted by atomic mass is 16.5. The van der Waals surface area contributed by atoms with Crippen LogP contribution in [0.25, 0.3) is 0 Å². The van der Waals surface area contributed by atoms with Gasteiger partial charge in [-0.05, 0) is 39.2 Å². The molecular weight excluding hydrogens is 224 g/mol. The van der Waals surface area contributed by atoms with E-state index in [-0.39, 0.29) is 5.97 Å². The summed E-state index contributed by atoms with van der Waals surface area (Å²) in [5.41, 5.74) is 0.883. The highest BCUT2D eigenvalue weighted by Crippen LogP contribution is 2.15. The largest absolute Gasteiger partial charge is 0.465 e.